The minimum atomic E-state index is -2.19. The van der Waals surface area contributed by atoms with E-state index in [0.29, 0.717) is 12.8 Å². The number of alkyl halides is 2. The lowest BCUT2D eigenvalue weighted by molar-refractivity contribution is 0.0675. The maximum atomic E-state index is 12.7. The highest BCUT2D eigenvalue weighted by atomic mass is 33.7. The predicted molar refractivity (Wildman–Crippen MR) is 74.3 cm³/mol. The zero-order valence-corrected chi connectivity index (χ0v) is 12.0. The summed E-state index contributed by atoms with van der Waals surface area (Å²) in [6, 6.07) is 0. The Morgan fingerprint density at radius 3 is 2.73 bits per heavy atom. The van der Waals surface area contributed by atoms with E-state index in [-0.39, 0.29) is 5.37 Å². The van der Waals surface area contributed by atoms with E-state index in [0.717, 1.165) is 13.0 Å². The maximum Gasteiger partial charge on any atom is 0.241 e. The van der Waals surface area contributed by atoms with E-state index in [1.54, 1.807) is 0 Å². The van der Waals surface area contributed by atoms with Gasteiger partial charge in [-0.05, 0) is 42.7 Å². The van der Waals surface area contributed by atoms with Crippen molar-refractivity contribution in [2.45, 2.75) is 31.1 Å². The molecule has 1 fully saturated rings. The van der Waals surface area contributed by atoms with Crippen LogP contribution in [0.4, 0.5) is 8.78 Å². The maximum absolute atomic E-state index is 12.7. The second-order valence-electron chi connectivity index (χ2n) is 3.82. The molecule has 92 valence electrons. The Hall–Kier alpha value is 1.22. The van der Waals surface area contributed by atoms with Crippen molar-refractivity contribution in [3.8, 4) is 0 Å². The molecule has 3 unspecified atom stereocenters. The molecule has 0 radical (unpaired) electrons. The monoisotopic (exact) mass is 293 g/mol. The summed E-state index contributed by atoms with van der Waals surface area (Å²) in [4.78, 5) is 2.16. The third-order valence-electron chi connectivity index (χ3n) is 2.80. The van der Waals surface area contributed by atoms with Crippen LogP contribution in [0.2, 0.25) is 0 Å². The van der Waals surface area contributed by atoms with Gasteiger partial charge in [0, 0.05) is 5.92 Å². The summed E-state index contributed by atoms with van der Waals surface area (Å²) in [7, 11) is 2.75. The molecular weight excluding hydrogens is 276 g/mol. The fourth-order valence-electron chi connectivity index (χ4n) is 1.86. The summed E-state index contributed by atoms with van der Waals surface area (Å²) in [5, 5.41) is 0.160. The van der Waals surface area contributed by atoms with Gasteiger partial charge in [0.05, 0.1) is 5.37 Å². The van der Waals surface area contributed by atoms with Crippen molar-refractivity contribution in [2.24, 2.45) is 5.92 Å². The molecule has 1 saturated heterocycles. The third-order valence-corrected chi connectivity index (χ3v) is 9.59. The van der Waals surface area contributed by atoms with Crippen molar-refractivity contribution < 1.29 is 8.78 Å². The summed E-state index contributed by atoms with van der Waals surface area (Å²) in [6.45, 7) is 0.890. The lowest BCUT2D eigenvalue weighted by Gasteiger charge is -2.32. The van der Waals surface area contributed by atoms with Crippen LogP contribution in [0.5, 0.6) is 0 Å². The second-order valence-corrected chi connectivity index (χ2v) is 10.4. The first kappa shape index (κ1) is 14.3. The fourth-order valence-corrected chi connectivity index (χ4v) is 5.73. The Kier molecular flexibility index (Phi) is 6.51. The van der Waals surface area contributed by atoms with E-state index < -0.39 is 21.3 Å². The summed E-state index contributed by atoms with van der Waals surface area (Å²) >= 11 is 8.59. The summed E-state index contributed by atoms with van der Waals surface area (Å²) in [5.74, 6) is -0.461. The van der Waals surface area contributed by atoms with Gasteiger partial charge in [-0.1, -0.05) is 0 Å². The summed E-state index contributed by atoms with van der Waals surface area (Å²) < 4.78 is 25.4. The van der Waals surface area contributed by atoms with Crippen LogP contribution >= 0.6 is 42.1 Å². The molecule has 0 aromatic heterocycles. The van der Waals surface area contributed by atoms with Gasteiger partial charge < -0.3 is 0 Å². The van der Waals surface area contributed by atoms with Crippen LogP contribution in [0.1, 0.15) is 19.3 Å². The van der Waals surface area contributed by atoms with Crippen molar-refractivity contribution in [3.63, 3.8) is 0 Å². The highest BCUT2D eigenvalue weighted by Crippen LogP contribution is 2.54. The van der Waals surface area contributed by atoms with Crippen molar-refractivity contribution >= 4 is 42.1 Å². The predicted octanol–water partition coefficient (Wildman–Crippen LogP) is 3.65. The van der Waals surface area contributed by atoms with Gasteiger partial charge in [-0.2, -0.15) is 0 Å². The molecule has 0 spiro atoms. The van der Waals surface area contributed by atoms with Crippen LogP contribution in [0, 0.1) is 5.92 Å². The Morgan fingerprint density at radius 2 is 2.20 bits per heavy atom. The lowest BCUT2D eigenvalue weighted by atomic mass is 10.0. The average molecular weight is 293 g/mol. The standard InChI is InChI=1S/C8H17F2NS4/c1-11-4-2-3-6(8(9)10)5-7(11)15(13)14-12/h6-8,12-13,15H,2-5H2,1H3. The molecule has 0 saturated carbocycles. The number of halogens is 2. The average Bonchev–Trinajstić information content (AvgIpc) is 2.39. The molecular formula is C8H17F2NS4. The highest BCUT2D eigenvalue weighted by molar-refractivity contribution is 9.27. The molecule has 0 amide bonds. The molecule has 0 aliphatic carbocycles. The molecule has 1 nitrogen and oxygen atoms in total. The van der Waals surface area contributed by atoms with Crippen LogP contribution in [0.25, 0.3) is 0 Å². The topological polar surface area (TPSA) is 3.24 Å². The van der Waals surface area contributed by atoms with Crippen LogP contribution in [-0.2, 0) is 0 Å². The molecule has 0 bridgehead atoms. The van der Waals surface area contributed by atoms with Crippen molar-refractivity contribution in [2.75, 3.05) is 13.6 Å². The van der Waals surface area contributed by atoms with Gasteiger partial charge in [-0.15, -0.1) is 32.3 Å². The summed E-state index contributed by atoms with van der Waals surface area (Å²) in [6.07, 6.45) is -0.152. The molecule has 1 aliphatic heterocycles. The van der Waals surface area contributed by atoms with Gasteiger partial charge in [-0.3, -0.25) is 4.90 Å². The Labute approximate surface area is 106 Å². The van der Waals surface area contributed by atoms with Crippen molar-refractivity contribution in [3.05, 3.63) is 0 Å². The number of nitrogens with zero attached hydrogens (tertiary/aromatic N) is 1. The fraction of sp³-hybridized carbons (Fsp3) is 1.00. The smallest absolute Gasteiger partial charge is 0.241 e. The van der Waals surface area contributed by atoms with Crippen LogP contribution < -0.4 is 0 Å². The third kappa shape index (κ3) is 4.18. The van der Waals surface area contributed by atoms with Crippen LogP contribution in [-0.4, -0.2) is 30.3 Å². The first-order valence-corrected chi connectivity index (χ1v) is 9.88. The number of rotatable bonds is 3. The highest BCUT2D eigenvalue weighted by Gasteiger charge is 2.31. The van der Waals surface area contributed by atoms with E-state index in [1.165, 1.54) is 9.83 Å². The Morgan fingerprint density at radius 1 is 1.53 bits per heavy atom. The molecule has 15 heavy (non-hydrogen) atoms. The van der Waals surface area contributed by atoms with Crippen molar-refractivity contribution in [1.82, 2.24) is 4.90 Å². The molecule has 1 aliphatic rings. The molecule has 0 N–H and O–H groups in total. The summed E-state index contributed by atoms with van der Waals surface area (Å²) in [5.41, 5.74) is 0. The van der Waals surface area contributed by atoms with E-state index in [9.17, 15) is 8.78 Å². The number of hydrogen-bond donors (Lipinski definition) is 3. The van der Waals surface area contributed by atoms with E-state index in [2.05, 4.69) is 28.2 Å². The minimum Gasteiger partial charge on any atom is -0.295 e. The van der Waals surface area contributed by atoms with Crippen molar-refractivity contribution in [1.29, 1.82) is 0 Å². The quantitative estimate of drug-likeness (QED) is 0.538. The molecule has 1 rings (SSSR count). The van der Waals surface area contributed by atoms with Gasteiger partial charge in [0.25, 0.3) is 0 Å². The van der Waals surface area contributed by atoms with Crippen LogP contribution in [0.3, 0.4) is 0 Å². The van der Waals surface area contributed by atoms with E-state index in [4.69, 9.17) is 0 Å². The molecule has 1 heterocycles. The first-order valence-electron chi connectivity index (χ1n) is 4.84. The number of likely N-dealkylation sites (tertiary alicyclic amines) is 1. The van der Waals surface area contributed by atoms with Crippen LogP contribution in [0.15, 0.2) is 0 Å². The molecule has 0 aromatic rings. The lowest BCUT2D eigenvalue weighted by Crippen LogP contribution is -2.30. The second kappa shape index (κ2) is 6.83. The molecule has 3 atom stereocenters. The van der Waals surface area contributed by atoms with Gasteiger partial charge >= 0.3 is 0 Å². The van der Waals surface area contributed by atoms with Gasteiger partial charge in [0.15, 0.2) is 0 Å². The van der Waals surface area contributed by atoms with Gasteiger partial charge in [-0.25, -0.2) is 8.78 Å². The van der Waals surface area contributed by atoms with Gasteiger partial charge in [0.1, 0.15) is 0 Å². The normalized spacial score (nSPS) is 32.8. The van der Waals surface area contributed by atoms with E-state index in [1.807, 2.05) is 7.05 Å². The zero-order chi connectivity index (χ0) is 11.4. The Balaban J connectivity index is 2.64. The first-order chi connectivity index (χ1) is 7.06. The SMILES string of the molecule is CN1CCCC(C(F)F)CC1[SH](S)SS. The largest absolute Gasteiger partial charge is 0.295 e. The minimum absolute atomic E-state index is 0.160. The van der Waals surface area contributed by atoms with Gasteiger partial charge in [0.2, 0.25) is 6.43 Å². The Bertz CT molecular complexity index is 195. The number of thiol groups is 3. The number of hydrogen-bond acceptors (Lipinski definition) is 4. The molecule has 0 aromatic carbocycles. The molecule has 7 heteroatoms. The zero-order valence-electron chi connectivity index (χ0n) is 8.51. The van der Waals surface area contributed by atoms with E-state index >= 15 is 0 Å².